The first-order chi connectivity index (χ1) is 11.3. The normalized spacial score (nSPS) is 13.2. The van der Waals surface area contributed by atoms with E-state index in [1.54, 1.807) is 18.2 Å². The number of nitrogens with zero attached hydrogens (tertiary/aromatic N) is 2. The maximum absolute atomic E-state index is 13.2. The molecule has 0 saturated carbocycles. The minimum absolute atomic E-state index is 0.0174. The van der Waals surface area contributed by atoms with Gasteiger partial charge in [-0.05, 0) is 18.2 Å². The summed E-state index contributed by atoms with van der Waals surface area (Å²) < 4.78 is 40.2. The Kier molecular flexibility index (Phi) is 4.06. The highest BCUT2D eigenvalue weighted by Crippen LogP contribution is 2.37. The predicted octanol–water partition coefficient (Wildman–Crippen LogP) is 3.64. The molecule has 0 aliphatic carbocycles. The molecule has 0 aliphatic heterocycles. The predicted molar refractivity (Wildman–Crippen MR) is 82.6 cm³/mol. The van der Waals surface area contributed by atoms with Gasteiger partial charge in [-0.3, -0.25) is 5.21 Å². The van der Waals surface area contributed by atoms with Crippen molar-refractivity contribution in [1.82, 2.24) is 4.98 Å². The number of hydrogen-bond acceptors (Lipinski definition) is 3. The molecule has 0 saturated heterocycles. The summed E-state index contributed by atoms with van der Waals surface area (Å²) in [4.78, 5) is 4.28. The van der Waals surface area contributed by atoms with Gasteiger partial charge in [0.1, 0.15) is 6.04 Å². The lowest BCUT2D eigenvalue weighted by Gasteiger charge is -2.19. The van der Waals surface area contributed by atoms with Crippen molar-refractivity contribution in [1.29, 1.82) is 0 Å². The highest BCUT2D eigenvalue weighted by Gasteiger charge is 2.40. The Hall–Kier alpha value is -2.38. The molecular weight excluding hydrogens is 343 g/mol. The fraction of sp³-hybridized carbons (Fsp3) is 0.125. The lowest BCUT2D eigenvalue weighted by Crippen LogP contribution is -2.30. The summed E-state index contributed by atoms with van der Waals surface area (Å²) in [5, 5.41) is 10.3. The van der Waals surface area contributed by atoms with Crippen LogP contribution in [-0.2, 0) is 0 Å². The van der Waals surface area contributed by atoms with Crippen molar-refractivity contribution in [3.63, 3.8) is 0 Å². The lowest BCUT2D eigenvalue weighted by atomic mass is 9.98. The van der Waals surface area contributed by atoms with Crippen molar-refractivity contribution in [3.8, 4) is 11.3 Å². The minimum atomic E-state index is -4.63. The lowest BCUT2D eigenvalue weighted by molar-refractivity contribution is -0.904. The van der Waals surface area contributed by atoms with Crippen molar-refractivity contribution in [2.45, 2.75) is 12.2 Å². The number of hydrogen-bond donors (Lipinski definition) is 2. The summed E-state index contributed by atoms with van der Waals surface area (Å²) in [6, 6.07) is 6.97. The van der Waals surface area contributed by atoms with Crippen LogP contribution in [0.3, 0.4) is 0 Å². The van der Waals surface area contributed by atoms with Crippen molar-refractivity contribution in [2.75, 3.05) is 0 Å². The van der Waals surface area contributed by atoms with Crippen LogP contribution in [0.2, 0.25) is 5.02 Å². The van der Waals surface area contributed by atoms with Crippen molar-refractivity contribution in [2.24, 2.45) is 5.73 Å². The number of nitrogens with two attached hydrogens (primary N) is 1. The molecule has 4 nitrogen and oxygen atoms in total. The van der Waals surface area contributed by atoms with Gasteiger partial charge in [0, 0.05) is 21.7 Å². The molecule has 0 bridgehead atoms. The van der Waals surface area contributed by atoms with Crippen LogP contribution in [0.1, 0.15) is 11.6 Å². The summed E-state index contributed by atoms with van der Waals surface area (Å²) >= 11 is 6.10. The van der Waals surface area contributed by atoms with Crippen LogP contribution in [0, 0.1) is 0 Å². The Morgan fingerprint density at radius 1 is 1.21 bits per heavy atom. The van der Waals surface area contributed by atoms with Crippen LogP contribution in [0.25, 0.3) is 22.2 Å². The first-order valence-electron chi connectivity index (χ1n) is 6.90. The van der Waals surface area contributed by atoms with Crippen molar-refractivity contribution in [3.05, 3.63) is 59.4 Å². The molecule has 0 radical (unpaired) electrons. The second-order valence-electron chi connectivity index (χ2n) is 5.23. The third-order valence-corrected chi connectivity index (χ3v) is 3.88. The molecule has 3 N–H and O–H groups in total. The first kappa shape index (κ1) is 16.5. The second-order valence-corrected chi connectivity index (χ2v) is 5.64. The average molecular weight is 355 g/mol. The summed E-state index contributed by atoms with van der Waals surface area (Å²) in [5.74, 6) is 0. The van der Waals surface area contributed by atoms with Crippen LogP contribution >= 0.6 is 11.6 Å². The Morgan fingerprint density at radius 2 is 1.96 bits per heavy atom. The van der Waals surface area contributed by atoms with Gasteiger partial charge >= 0.3 is 6.18 Å². The fourth-order valence-corrected chi connectivity index (χ4v) is 2.65. The number of rotatable bonds is 2. The number of fused-ring (bicyclic) bond motifs is 1. The van der Waals surface area contributed by atoms with Crippen LogP contribution in [0.15, 0.2) is 48.8 Å². The zero-order valence-corrected chi connectivity index (χ0v) is 12.9. The molecule has 3 rings (SSSR count). The molecular formula is C16H12ClF3N3O+. The smallest absolute Gasteiger partial charge is 0.316 e. The molecule has 0 fully saturated rings. The van der Waals surface area contributed by atoms with E-state index in [1.807, 2.05) is 0 Å². The molecule has 8 heteroatoms. The van der Waals surface area contributed by atoms with Crippen LogP contribution in [0.5, 0.6) is 0 Å². The number of pyridine rings is 2. The van der Waals surface area contributed by atoms with E-state index in [2.05, 4.69) is 4.98 Å². The van der Waals surface area contributed by atoms with E-state index in [-0.39, 0.29) is 16.8 Å². The molecule has 3 aromatic rings. The second kappa shape index (κ2) is 5.92. The highest BCUT2D eigenvalue weighted by atomic mass is 35.5. The maximum atomic E-state index is 13.2. The van der Waals surface area contributed by atoms with E-state index in [1.165, 1.54) is 30.6 Å². The molecule has 2 heterocycles. The van der Waals surface area contributed by atoms with Crippen molar-refractivity contribution >= 4 is 22.5 Å². The molecule has 1 atom stereocenters. The van der Waals surface area contributed by atoms with Gasteiger partial charge in [0.15, 0.2) is 0 Å². The molecule has 1 aromatic carbocycles. The van der Waals surface area contributed by atoms with Crippen molar-refractivity contribution < 1.29 is 23.1 Å². The number of para-hydroxylation sites is 1. The molecule has 124 valence electrons. The fourth-order valence-electron chi connectivity index (χ4n) is 2.43. The Bertz CT molecular complexity index is 915. The average Bonchev–Trinajstić information content (AvgIpc) is 2.52. The minimum Gasteiger partial charge on any atom is -0.316 e. The van der Waals surface area contributed by atoms with E-state index in [0.717, 1.165) is 4.73 Å². The largest absolute Gasteiger partial charge is 0.407 e. The van der Waals surface area contributed by atoms with E-state index < -0.39 is 12.2 Å². The standard InChI is InChI=1S/C16H12ClF3N3O/c17-12-5-1-3-9-7-11(15(21)16(18,19)20)13(22-14(9)12)10-4-2-6-23(24)8-10/h1-8,15,24H,21H2/q+1/t15-/m1/s1. The van der Waals surface area contributed by atoms with E-state index >= 15 is 0 Å². The summed E-state index contributed by atoms with van der Waals surface area (Å²) in [7, 11) is 0. The van der Waals surface area contributed by atoms with E-state index in [4.69, 9.17) is 17.3 Å². The van der Waals surface area contributed by atoms with Gasteiger partial charge in [0.05, 0.1) is 21.8 Å². The Balaban J connectivity index is 2.33. The van der Waals surface area contributed by atoms with Gasteiger partial charge in [-0.2, -0.15) is 13.2 Å². The molecule has 2 aromatic heterocycles. The molecule has 0 unspecified atom stereocenters. The van der Waals surface area contributed by atoms with Crippen LogP contribution in [0.4, 0.5) is 13.2 Å². The van der Waals surface area contributed by atoms with Gasteiger partial charge in [0.2, 0.25) is 12.4 Å². The number of halogens is 4. The number of benzene rings is 1. The SMILES string of the molecule is N[C@H](c1cc2cccc(Cl)c2nc1-c1ccc[n+](O)c1)C(F)(F)F. The van der Waals surface area contributed by atoms with E-state index in [9.17, 15) is 18.4 Å². The van der Waals surface area contributed by atoms with Gasteiger partial charge in [0.25, 0.3) is 0 Å². The third kappa shape index (κ3) is 3.00. The molecule has 0 aliphatic rings. The highest BCUT2D eigenvalue weighted by molar-refractivity contribution is 6.35. The first-order valence-corrected chi connectivity index (χ1v) is 7.27. The van der Waals surface area contributed by atoms with Crippen LogP contribution < -0.4 is 10.5 Å². The monoisotopic (exact) mass is 354 g/mol. The quantitative estimate of drug-likeness (QED) is 0.545. The summed E-state index contributed by atoms with van der Waals surface area (Å²) in [5.41, 5.74) is 5.89. The molecule has 0 spiro atoms. The van der Waals surface area contributed by atoms with Crippen LogP contribution in [-0.4, -0.2) is 16.4 Å². The maximum Gasteiger partial charge on any atom is 0.407 e. The number of aromatic nitrogens is 2. The zero-order chi connectivity index (χ0) is 17.5. The topological polar surface area (TPSA) is 63.0 Å². The Labute approximate surface area is 139 Å². The van der Waals surface area contributed by atoms with Gasteiger partial charge in [-0.25, -0.2) is 4.98 Å². The van der Waals surface area contributed by atoms with Gasteiger partial charge < -0.3 is 5.73 Å². The molecule has 0 amide bonds. The number of alkyl halides is 3. The van der Waals surface area contributed by atoms with Gasteiger partial charge in [-0.15, -0.1) is 0 Å². The zero-order valence-electron chi connectivity index (χ0n) is 12.1. The van der Waals surface area contributed by atoms with Gasteiger partial charge in [-0.1, -0.05) is 23.7 Å². The molecule has 24 heavy (non-hydrogen) atoms. The van der Waals surface area contributed by atoms with E-state index in [0.29, 0.717) is 15.9 Å². The third-order valence-electron chi connectivity index (χ3n) is 3.57. The Morgan fingerprint density at radius 3 is 2.62 bits per heavy atom. The summed E-state index contributed by atoms with van der Waals surface area (Å²) in [6.07, 6.45) is -2.05. The summed E-state index contributed by atoms with van der Waals surface area (Å²) in [6.45, 7) is 0.